The lowest BCUT2D eigenvalue weighted by Crippen LogP contribution is -2.40. The zero-order valence-electron chi connectivity index (χ0n) is 11.4. The number of rotatable bonds is 5. The van der Waals surface area contributed by atoms with E-state index in [2.05, 4.69) is 32.4 Å². The Morgan fingerprint density at radius 2 is 2.50 bits per heavy atom. The van der Waals surface area contributed by atoms with Crippen LogP contribution >= 0.6 is 11.3 Å². The third kappa shape index (κ3) is 3.28. The largest absolute Gasteiger partial charge is 0.352 e. The van der Waals surface area contributed by atoms with Crippen LogP contribution in [0.2, 0.25) is 0 Å². The zero-order chi connectivity index (χ0) is 13.8. The molecule has 1 aliphatic heterocycles. The van der Waals surface area contributed by atoms with Gasteiger partial charge in [0, 0.05) is 42.7 Å². The molecule has 2 aromatic heterocycles. The van der Waals surface area contributed by atoms with Crippen molar-refractivity contribution >= 4 is 17.2 Å². The molecule has 106 valence electrons. The van der Waals surface area contributed by atoms with E-state index in [1.807, 2.05) is 12.4 Å². The number of amides is 1. The van der Waals surface area contributed by atoms with Crippen molar-refractivity contribution in [3.63, 3.8) is 0 Å². The van der Waals surface area contributed by atoms with Gasteiger partial charge >= 0.3 is 0 Å². The van der Waals surface area contributed by atoms with Gasteiger partial charge in [-0.15, -0.1) is 11.3 Å². The summed E-state index contributed by atoms with van der Waals surface area (Å²) in [7, 11) is 0. The number of aromatic nitrogens is 2. The molecule has 4 nitrogen and oxygen atoms in total. The van der Waals surface area contributed by atoms with E-state index in [1.165, 1.54) is 4.88 Å². The highest BCUT2D eigenvalue weighted by Gasteiger charge is 2.19. The smallest absolute Gasteiger partial charge is 0.220 e. The van der Waals surface area contributed by atoms with Crippen LogP contribution in [0.1, 0.15) is 30.0 Å². The Bertz CT molecular complexity index is 561. The van der Waals surface area contributed by atoms with Crippen molar-refractivity contribution in [3.05, 3.63) is 40.6 Å². The van der Waals surface area contributed by atoms with E-state index in [1.54, 1.807) is 11.3 Å². The molecule has 0 spiro atoms. The van der Waals surface area contributed by atoms with Gasteiger partial charge in [0.2, 0.25) is 5.91 Å². The fraction of sp³-hybridized carbons (Fsp3) is 0.467. The van der Waals surface area contributed by atoms with Gasteiger partial charge in [-0.3, -0.25) is 4.79 Å². The van der Waals surface area contributed by atoms with Crippen LogP contribution in [-0.4, -0.2) is 21.5 Å². The Kier molecular flexibility index (Phi) is 4.16. The number of hydrogen-bond donors (Lipinski definition) is 1. The quantitative estimate of drug-likeness (QED) is 0.918. The highest BCUT2D eigenvalue weighted by Crippen LogP contribution is 2.14. The zero-order valence-corrected chi connectivity index (χ0v) is 12.2. The second kappa shape index (κ2) is 6.22. The normalized spacial score (nSPS) is 17.7. The van der Waals surface area contributed by atoms with Gasteiger partial charge < -0.3 is 9.88 Å². The Labute approximate surface area is 122 Å². The standard InChI is InChI=1S/C15H19N3OS/c19-15(5-1-3-13-4-2-10-20-13)17-12-6-7-14-16-8-9-18(14)11-12/h2,4,8-10,12H,1,3,5-7,11H2,(H,17,19)/t12-/m0/s1. The molecular weight excluding hydrogens is 270 g/mol. The monoisotopic (exact) mass is 289 g/mol. The molecule has 0 saturated carbocycles. The highest BCUT2D eigenvalue weighted by molar-refractivity contribution is 7.09. The summed E-state index contributed by atoms with van der Waals surface area (Å²) in [6.07, 6.45) is 8.31. The topological polar surface area (TPSA) is 46.9 Å². The first-order valence-corrected chi connectivity index (χ1v) is 8.01. The maximum atomic E-state index is 12.0. The molecule has 1 atom stereocenters. The number of imidazole rings is 1. The molecule has 0 saturated heterocycles. The van der Waals surface area contributed by atoms with Crippen LogP contribution in [0.5, 0.6) is 0 Å². The lowest BCUT2D eigenvalue weighted by molar-refractivity contribution is -0.122. The van der Waals surface area contributed by atoms with E-state index in [-0.39, 0.29) is 11.9 Å². The lowest BCUT2D eigenvalue weighted by atomic mass is 10.1. The van der Waals surface area contributed by atoms with Gasteiger partial charge in [-0.1, -0.05) is 6.07 Å². The van der Waals surface area contributed by atoms with Gasteiger partial charge in [0.05, 0.1) is 0 Å². The highest BCUT2D eigenvalue weighted by atomic mass is 32.1. The summed E-state index contributed by atoms with van der Waals surface area (Å²) in [4.78, 5) is 17.6. The molecule has 0 bridgehead atoms. The van der Waals surface area contributed by atoms with Crippen LogP contribution < -0.4 is 5.32 Å². The Hall–Kier alpha value is -1.62. The Morgan fingerprint density at radius 3 is 3.35 bits per heavy atom. The SMILES string of the molecule is O=C(CCCc1cccs1)N[C@H]1CCc2nccn2C1. The molecule has 2 aromatic rings. The average Bonchev–Trinajstić information content (AvgIpc) is 3.08. The van der Waals surface area contributed by atoms with Crippen molar-refractivity contribution in [3.8, 4) is 0 Å². The summed E-state index contributed by atoms with van der Waals surface area (Å²) in [6.45, 7) is 0.853. The van der Waals surface area contributed by atoms with Gasteiger partial charge in [-0.05, 0) is 30.7 Å². The number of fused-ring (bicyclic) bond motifs is 1. The molecule has 0 aromatic carbocycles. The van der Waals surface area contributed by atoms with Gasteiger partial charge in [-0.2, -0.15) is 0 Å². The summed E-state index contributed by atoms with van der Waals surface area (Å²) in [5, 5.41) is 5.23. The Balaban J connectivity index is 1.41. The third-order valence-corrected chi connectivity index (χ3v) is 4.64. The summed E-state index contributed by atoms with van der Waals surface area (Å²) in [6, 6.07) is 4.45. The molecule has 0 unspecified atom stereocenters. The first-order valence-electron chi connectivity index (χ1n) is 7.13. The molecule has 0 fully saturated rings. The van der Waals surface area contributed by atoms with Crippen molar-refractivity contribution in [1.29, 1.82) is 0 Å². The fourth-order valence-corrected chi connectivity index (χ4v) is 3.41. The first kappa shape index (κ1) is 13.4. The number of hydrogen-bond acceptors (Lipinski definition) is 3. The predicted molar refractivity (Wildman–Crippen MR) is 79.7 cm³/mol. The van der Waals surface area contributed by atoms with Crippen LogP contribution in [-0.2, 0) is 24.2 Å². The second-order valence-corrected chi connectivity index (χ2v) is 6.26. The van der Waals surface area contributed by atoms with E-state index in [4.69, 9.17) is 0 Å². The van der Waals surface area contributed by atoms with Crippen molar-refractivity contribution in [2.75, 3.05) is 0 Å². The van der Waals surface area contributed by atoms with Crippen molar-refractivity contribution in [1.82, 2.24) is 14.9 Å². The molecule has 3 heterocycles. The molecular formula is C15H19N3OS. The van der Waals surface area contributed by atoms with Crippen LogP contribution in [0.3, 0.4) is 0 Å². The van der Waals surface area contributed by atoms with Gasteiger partial charge in [-0.25, -0.2) is 4.98 Å². The van der Waals surface area contributed by atoms with Crippen LogP contribution in [0.25, 0.3) is 0 Å². The van der Waals surface area contributed by atoms with Gasteiger partial charge in [0.1, 0.15) is 5.82 Å². The Morgan fingerprint density at radius 1 is 1.55 bits per heavy atom. The van der Waals surface area contributed by atoms with E-state index in [0.717, 1.165) is 38.1 Å². The van der Waals surface area contributed by atoms with Crippen LogP contribution in [0, 0.1) is 0 Å². The van der Waals surface area contributed by atoms with E-state index >= 15 is 0 Å². The fourth-order valence-electron chi connectivity index (χ4n) is 2.66. The molecule has 0 radical (unpaired) electrons. The van der Waals surface area contributed by atoms with Crippen LogP contribution in [0.4, 0.5) is 0 Å². The molecule has 0 aliphatic carbocycles. The molecule has 1 amide bonds. The number of carbonyl (C=O) groups is 1. The lowest BCUT2D eigenvalue weighted by Gasteiger charge is -2.24. The molecule has 1 N–H and O–H groups in total. The summed E-state index contributed by atoms with van der Waals surface area (Å²) >= 11 is 1.76. The molecule has 20 heavy (non-hydrogen) atoms. The van der Waals surface area contributed by atoms with E-state index in [0.29, 0.717) is 6.42 Å². The number of aryl methyl sites for hydroxylation is 2. The van der Waals surface area contributed by atoms with Crippen molar-refractivity contribution in [2.24, 2.45) is 0 Å². The summed E-state index contributed by atoms with van der Waals surface area (Å²) < 4.78 is 2.14. The second-order valence-electron chi connectivity index (χ2n) is 5.23. The minimum Gasteiger partial charge on any atom is -0.352 e. The van der Waals surface area contributed by atoms with Crippen LogP contribution in [0.15, 0.2) is 29.9 Å². The molecule has 5 heteroatoms. The molecule has 3 rings (SSSR count). The number of thiophene rings is 1. The van der Waals surface area contributed by atoms with Gasteiger partial charge in [0.15, 0.2) is 0 Å². The molecule has 1 aliphatic rings. The number of carbonyl (C=O) groups excluding carboxylic acids is 1. The number of nitrogens with zero attached hydrogens (tertiary/aromatic N) is 2. The minimum absolute atomic E-state index is 0.176. The summed E-state index contributed by atoms with van der Waals surface area (Å²) in [5.41, 5.74) is 0. The maximum Gasteiger partial charge on any atom is 0.220 e. The van der Waals surface area contributed by atoms with Crippen molar-refractivity contribution in [2.45, 2.75) is 44.7 Å². The maximum absolute atomic E-state index is 12.0. The van der Waals surface area contributed by atoms with Crippen molar-refractivity contribution < 1.29 is 4.79 Å². The first-order chi connectivity index (χ1) is 9.81. The summed E-state index contributed by atoms with van der Waals surface area (Å²) in [5.74, 6) is 1.31. The number of nitrogens with one attached hydrogen (secondary N) is 1. The van der Waals surface area contributed by atoms with E-state index < -0.39 is 0 Å². The third-order valence-electron chi connectivity index (χ3n) is 3.71. The van der Waals surface area contributed by atoms with Gasteiger partial charge in [0.25, 0.3) is 0 Å². The average molecular weight is 289 g/mol. The van der Waals surface area contributed by atoms with E-state index in [9.17, 15) is 4.79 Å². The predicted octanol–water partition coefficient (Wildman–Crippen LogP) is 2.40. The minimum atomic E-state index is 0.176.